The van der Waals surface area contributed by atoms with Crippen LogP contribution < -0.4 is 10.1 Å². The molecule has 1 aliphatic heterocycles. The van der Waals surface area contributed by atoms with Gasteiger partial charge >= 0.3 is 6.03 Å². The van der Waals surface area contributed by atoms with Gasteiger partial charge in [0.15, 0.2) is 0 Å². The first kappa shape index (κ1) is 19.6. The van der Waals surface area contributed by atoms with Crippen LogP contribution in [0.1, 0.15) is 18.9 Å². The molecule has 1 atom stereocenters. The lowest BCUT2D eigenvalue weighted by Crippen LogP contribution is -2.43. The van der Waals surface area contributed by atoms with Gasteiger partial charge in [0.2, 0.25) is 0 Å². The number of nitrogens with one attached hydrogen (secondary N) is 1. The number of hydrogen-bond acceptors (Lipinski definition) is 4. The molecule has 3 rings (SSSR count). The van der Waals surface area contributed by atoms with E-state index in [1.54, 1.807) is 31.0 Å². The Balaban J connectivity index is 1.71. The monoisotopic (exact) mass is 404 g/mol. The second-order valence-electron chi connectivity index (χ2n) is 6.18. The van der Waals surface area contributed by atoms with Crippen LogP contribution in [0.5, 0.6) is 5.75 Å². The Bertz CT molecular complexity index is 826. The first-order valence-electron chi connectivity index (χ1n) is 8.67. The van der Waals surface area contributed by atoms with Crippen molar-refractivity contribution in [3.63, 3.8) is 0 Å². The van der Waals surface area contributed by atoms with E-state index in [0.29, 0.717) is 29.5 Å². The summed E-state index contributed by atoms with van der Waals surface area (Å²) in [5, 5.41) is 3.58. The van der Waals surface area contributed by atoms with Gasteiger partial charge in [-0.15, -0.1) is 11.8 Å². The highest BCUT2D eigenvalue weighted by atomic mass is 35.5. The van der Waals surface area contributed by atoms with Crippen LogP contribution in [0.25, 0.3) is 0 Å². The Hall–Kier alpha value is -2.18. The van der Waals surface area contributed by atoms with Gasteiger partial charge in [0.1, 0.15) is 11.3 Å². The fourth-order valence-electron chi connectivity index (χ4n) is 3.13. The molecular formula is C20H21ClN2O3S. The lowest BCUT2D eigenvalue weighted by Gasteiger charge is -2.26. The van der Waals surface area contributed by atoms with E-state index in [0.717, 1.165) is 10.5 Å². The van der Waals surface area contributed by atoms with E-state index in [1.807, 2.05) is 43.3 Å². The average molecular weight is 405 g/mol. The van der Waals surface area contributed by atoms with Crippen LogP contribution in [0.2, 0.25) is 5.02 Å². The van der Waals surface area contributed by atoms with Gasteiger partial charge in [-0.25, -0.2) is 4.79 Å². The molecule has 1 saturated heterocycles. The summed E-state index contributed by atoms with van der Waals surface area (Å²) in [6.45, 7) is 2.24. The predicted molar refractivity (Wildman–Crippen MR) is 107 cm³/mol. The molecule has 142 valence electrons. The molecule has 2 aromatic rings. The molecule has 1 heterocycles. The van der Waals surface area contributed by atoms with Crippen LogP contribution in [-0.2, 0) is 10.3 Å². The zero-order valence-corrected chi connectivity index (χ0v) is 16.8. The van der Waals surface area contributed by atoms with Crippen LogP contribution in [0.3, 0.4) is 0 Å². The van der Waals surface area contributed by atoms with E-state index < -0.39 is 5.54 Å². The van der Waals surface area contributed by atoms with E-state index in [1.165, 1.54) is 4.90 Å². The summed E-state index contributed by atoms with van der Waals surface area (Å²) >= 11 is 7.47. The number of ether oxygens (including phenoxy) is 1. The maximum atomic E-state index is 13.1. The molecule has 0 saturated carbocycles. The van der Waals surface area contributed by atoms with Gasteiger partial charge in [-0.3, -0.25) is 9.69 Å². The predicted octanol–water partition coefficient (Wildman–Crippen LogP) is 4.30. The number of carbonyl (C=O) groups excluding carboxylic acids is 2. The molecule has 0 spiro atoms. The van der Waals surface area contributed by atoms with Crippen molar-refractivity contribution in [2.24, 2.45) is 0 Å². The van der Waals surface area contributed by atoms with Gasteiger partial charge in [0.05, 0.1) is 7.11 Å². The van der Waals surface area contributed by atoms with Gasteiger partial charge in [-0.1, -0.05) is 30.7 Å². The summed E-state index contributed by atoms with van der Waals surface area (Å²) in [7, 11) is 1.59. The van der Waals surface area contributed by atoms with Crippen LogP contribution in [0, 0.1) is 0 Å². The highest BCUT2D eigenvalue weighted by molar-refractivity contribution is 7.99. The number of imide groups is 1. The second-order valence-corrected chi connectivity index (χ2v) is 7.78. The lowest BCUT2D eigenvalue weighted by molar-refractivity contribution is -0.131. The first-order valence-corrected chi connectivity index (χ1v) is 10.0. The van der Waals surface area contributed by atoms with Crippen molar-refractivity contribution in [1.29, 1.82) is 0 Å². The Morgan fingerprint density at radius 2 is 1.78 bits per heavy atom. The summed E-state index contributed by atoms with van der Waals surface area (Å²) in [6, 6.07) is 14.4. The SMILES string of the molecule is CC[C@@]1(c2ccc(OC)cc2)NC(=O)N(CCSc2ccc(Cl)cc2)C1=O. The molecule has 0 bridgehead atoms. The average Bonchev–Trinajstić information content (AvgIpc) is 2.94. The van der Waals surface area contributed by atoms with Crippen molar-refractivity contribution in [2.45, 2.75) is 23.8 Å². The maximum Gasteiger partial charge on any atom is 0.325 e. The summed E-state index contributed by atoms with van der Waals surface area (Å²) in [6.07, 6.45) is 0.477. The van der Waals surface area contributed by atoms with Crippen molar-refractivity contribution in [1.82, 2.24) is 10.2 Å². The standard InChI is InChI=1S/C20H21ClN2O3S/c1-3-20(14-4-8-16(26-2)9-5-14)18(24)23(19(25)22-20)12-13-27-17-10-6-15(21)7-11-17/h4-11H,3,12-13H2,1-2H3,(H,22,25)/t20-/m0/s1. The summed E-state index contributed by atoms with van der Waals surface area (Å²) in [5.41, 5.74) is -0.258. The third-order valence-electron chi connectivity index (χ3n) is 4.69. The number of nitrogens with zero attached hydrogens (tertiary/aromatic N) is 1. The number of halogens is 1. The Morgan fingerprint density at radius 1 is 1.11 bits per heavy atom. The van der Waals surface area contributed by atoms with Gasteiger partial charge in [-0.2, -0.15) is 0 Å². The van der Waals surface area contributed by atoms with Crippen molar-refractivity contribution >= 4 is 35.3 Å². The van der Waals surface area contributed by atoms with E-state index in [2.05, 4.69) is 5.32 Å². The van der Waals surface area contributed by atoms with Crippen molar-refractivity contribution in [3.05, 3.63) is 59.1 Å². The topological polar surface area (TPSA) is 58.6 Å². The molecule has 1 N–H and O–H groups in total. The molecule has 0 aliphatic carbocycles. The number of hydrogen-bond donors (Lipinski definition) is 1. The molecule has 7 heteroatoms. The number of benzene rings is 2. The molecule has 3 amide bonds. The van der Waals surface area contributed by atoms with Crippen LogP contribution in [-0.4, -0.2) is 36.2 Å². The minimum absolute atomic E-state index is 0.211. The smallest absolute Gasteiger partial charge is 0.325 e. The molecule has 1 aliphatic rings. The lowest BCUT2D eigenvalue weighted by atomic mass is 9.87. The van der Waals surface area contributed by atoms with Gasteiger partial charge in [-0.05, 0) is 48.4 Å². The molecular weight excluding hydrogens is 384 g/mol. The number of carbonyl (C=O) groups is 2. The van der Waals surface area contributed by atoms with Gasteiger partial charge in [0.25, 0.3) is 5.91 Å². The number of amides is 3. The Kier molecular flexibility index (Phi) is 5.97. The van der Waals surface area contributed by atoms with Crippen molar-refractivity contribution < 1.29 is 14.3 Å². The normalized spacial score (nSPS) is 19.3. The summed E-state index contributed by atoms with van der Waals surface area (Å²) in [4.78, 5) is 27.9. The zero-order chi connectivity index (χ0) is 19.4. The molecule has 27 heavy (non-hydrogen) atoms. The Labute approximate surface area is 168 Å². The first-order chi connectivity index (χ1) is 13.0. The fraction of sp³-hybridized carbons (Fsp3) is 0.300. The van der Waals surface area contributed by atoms with E-state index in [9.17, 15) is 9.59 Å². The molecule has 0 radical (unpaired) electrons. The summed E-state index contributed by atoms with van der Waals surface area (Å²) in [5.74, 6) is 1.11. The number of thioether (sulfide) groups is 1. The van der Waals surface area contributed by atoms with Crippen LogP contribution in [0.4, 0.5) is 4.79 Å². The molecule has 0 unspecified atom stereocenters. The quantitative estimate of drug-likeness (QED) is 0.552. The zero-order valence-electron chi connectivity index (χ0n) is 15.2. The van der Waals surface area contributed by atoms with Gasteiger partial charge < -0.3 is 10.1 Å². The number of rotatable bonds is 7. The maximum absolute atomic E-state index is 13.1. The van der Waals surface area contributed by atoms with Crippen molar-refractivity contribution in [3.8, 4) is 5.75 Å². The Morgan fingerprint density at radius 3 is 2.37 bits per heavy atom. The molecule has 0 aromatic heterocycles. The minimum Gasteiger partial charge on any atom is -0.497 e. The fourth-order valence-corrected chi connectivity index (χ4v) is 4.09. The van der Waals surface area contributed by atoms with E-state index in [-0.39, 0.29) is 11.9 Å². The largest absolute Gasteiger partial charge is 0.497 e. The molecule has 5 nitrogen and oxygen atoms in total. The van der Waals surface area contributed by atoms with Crippen LogP contribution >= 0.6 is 23.4 Å². The number of urea groups is 1. The molecule has 2 aromatic carbocycles. The van der Waals surface area contributed by atoms with E-state index in [4.69, 9.17) is 16.3 Å². The third-order valence-corrected chi connectivity index (χ3v) is 5.93. The molecule has 1 fully saturated rings. The highest BCUT2D eigenvalue weighted by Gasteiger charge is 2.50. The van der Waals surface area contributed by atoms with E-state index >= 15 is 0 Å². The minimum atomic E-state index is -1.02. The summed E-state index contributed by atoms with van der Waals surface area (Å²) < 4.78 is 5.18. The second kappa shape index (κ2) is 8.23. The van der Waals surface area contributed by atoms with Gasteiger partial charge in [0, 0.05) is 22.2 Å². The van der Waals surface area contributed by atoms with Crippen molar-refractivity contribution in [2.75, 3.05) is 19.4 Å². The van der Waals surface area contributed by atoms with Crippen LogP contribution in [0.15, 0.2) is 53.4 Å². The third kappa shape index (κ3) is 3.92. The number of methoxy groups -OCH3 is 1. The highest BCUT2D eigenvalue weighted by Crippen LogP contribution is 2.33.